The number of ether oxygens (including phenoxy) is 1. The van der Waals surface area contributed by atoms with Crippen LogP contribution >= 0.6 is 31.9 Å². The van der Waals surface area contributed by atoms with Crippen LogP contribution in [0.1, 0.15) is 6.92 Å². The molecule has 0 bridgehead atoms. The highest BCUT2D eigenvalue weighted by atomic mass is 79.9. The number of methoxy groups -OCH3 is 1. The van der Waals surface area contributed by atoms with Crippen molar-refractivity contribution in [1.82, 2.24) is 5.32 Å². The van der Waals surface area contributed by atoms with Gasteiger partial charge < -0.3 is 15.4 Å². The zero-order chi connectivity index (χ0) is 13.7. The molecule has 0 saturated heterocycles. The Kier molecular flexibility index (Phi) is 6.11. The van der Waals surface area contributed by atoms with Crippen LogP contribution in [0.3, 0.4) is 0 Å². The van der Waals surface area contributed by atoms with Gasteiger partial charge >= 0.3 is 0 Å². The molecule has 0 fully saturated rings. The quantitative estimate of drug-likeness (QED) is 0.826. The lowest BCUT2D eigenvalue weighted by atomic mass is 10.1. The maximum atomic E-state index is 11.9. The molecule has 1 unspecified atom stereocenters. The number of carbonyl (C=O) groups is 1. The molecular weight excluding hydrogens is 364 g/mol. The van der Waals surface area contributed by atoms with Crippen molar-refractivity contribution in [2.75, 3.05) is 26.0 Å². The molecule has 18 heavy (non-hydrogen) atoms. The third-order valence-corrected chi connectivity index (χ3v) is 3.73. The standard InChI is InChI=1S/C12H16Br2N2O2/c1-7(6-15-2)12(17)16-10-5-11(18-3)9(14)4-8(10)13/h4-5,7,15H,6H2,1-3H3,(H,16,17). The first-order valence-electron chi connectivity index (χ1n) is 5.48. The second-order valence-corrected chi connectivity index (χ2v) is 5.62. The van der Waals surface area contributed by atoms with Crippen LogP contribution in [-0.2, 0) is 4.79 Å². The number of nitrogens with one attached hydrogen (secondary N) is 2. The van der Waals surface area contributed by atoms with E-state index >= 15 is 0 Å². The number of carbonyl (C=O) groups excluding carboxylic acids is 1. The molecule has 0 aliphatic rings. The first-order valence-corrected chi connectivity index (χ1v) is 7.06. The first kappa shape index (κ1) is 15.5. The number of rotatable bonds is 5. The summed E-state index contributed by atoms with van der Waals surface area (Å²) in [4.78, 5) is 11.9. The Morgan fingerprint density at radius 1 is 1.39 bits per heavy atom. The van der Waals surface area contributed by atoms with Gasteiger partial charge in [-0.05, 0) is 45.0 Å². The van der Waals surface area contributed by atoms with E-state index < -0.39 is 0 Å². The molecular formula is C12H16Br2N2O2. The molecule has 0 aromatic heterocycles. The second-order valence-electron chi connectivity index (χ2n) is 3.91. The Balaban J connectivity index is 2.87. The number of hydrogen-bond donors (Lipinski definition) is 2. The van der Waals surface area contributed by atoms with Crippen LogP contribution in [0.4, 0.5) is 5.69 Å². The van der Waals surface area contributed by atoms with Crippen molar-refractivity contribution in [3.05, 3.63) is 21.1 Å². The molecule has 4 nitrogen and oxygen atoms in total. The topological polar surface area (TPSA) is 50.4 Å². The molecule has 0 aliphatic carbocycles. The second kappa shape index (κ2) is 7.11. The summed E-state index contributed by atoms with van der Waals surface area (Å²) in [5.74, 6) is 0.542. The van der Waals surface area contributed by atoms with Crippen molar-refractivity contribution in [2.24, 2.45) is 5.92 Å². The highest BCUT2D eigenvalue weighted by Gasteiger charge is 2.15. The Bertz CT molecular complexity index is 438. The fourth-order valence-corrected chi connectivity index (χ4v) is 2.69. The van der Waals surface area contributed by atoms with Gasteiger partial charge in [-0.3, -0.25) is 4.79 Å². The van der Waals surface area contributed by atoms with Gasteiger partial charge in [0.2, 0.25) is 5.91 Å². The summed E-state index contributed by atoms with van der Waals surface area (Å²) >= 11 is 6.79. The van der Waals surface area contributed by atoms with Crippen molar-refractivity contribution in [2.45, 2.75) is 6.92 Å². The summed E-state index contributed by atoms with van der Waals surface area (Å²) in [6.07, 6.45) is 0. The molecule has 2 N–H and O–H groups in total. The fourth-order valence-electron chi connectivity index (χ4n) is 1.44. The summed E-state index contributed by atoms with van der Waals surface area (Å²) in [5.41, 5.74) is 0.697. The number of hydrogen-bond acceptors (Lipinski definition) is 3. The molecule has 1 atom stereocenters. The molecule has 1 amide bonds. The van der Waals surface area contributed by atoms with Gasteiger partial charge in [-0.15, -0.1) is 0 Å². The predicted molar refractivity (Wildman–Crippen MR) is 80.1 cm³/mol. The molecule has 0 heterocycles. The molecule has 0 saturated carbocycles. The van der Waals surface area contributed by atoms with Crippen molar-refractivity contribution in [3.63, 3.8) is 0 Å². The van der Waals surface area contributed by atoms with Gasteiger partial charge in [-0.25, -0.2) is 0 Å². The first-order chi connectivity index (χ1) is 8.49. The minimum absolute atomic E-state index is 0.0329. The Morgan fingerprint density at radius 2 is 2.06 bits per heavy atom. The smallest absolute Gasteiger partial charge is 0.228 e. The van der Waals surface area contributed by atoms with Crippen LogP contribution < -0.4 is 15.4 Å². The van der Waals surface area contributed by atoms with Crippen molar-refractivity contribution in [3.8, 4) is 5.75 Å². The van der Waals surface area contributed by atoms with Gasteiger partial charge in [0.05, 0.1) is 17.3 Å². The Labute approximate surface area is 124 Å². The van der Waals surface area contributed by atoms with Crippen molar-refractivity contribution < 1.29 is 9.53 Å². The van der Waals surface area contributed by atoms with Gasteiger partial charge in [0.1, 0.15) is 5.75 Å². The summed E-state index contributed by atoms with van der Waals surface area (Å²) < 4.78 is 6.84. The highest BCUT2D eigenvalue weighted by Crippen LogP contribution is 2.34. The van der Waals surface area contributed by atoms with Gasteiger partial charge in [0.25, 0.3) is 0 Å². The van der Waals surface area contributed by atoms with Crippen LogP contribution in [-0.4, -0.2) is 26.6 Å². The Morgan fingerprint density at radius 3 is 2.61 bits per heavy atom. The van der Waals surface area contributed by atoms with E-state index in [1.165, 1.54) is 0 Å². The zero-order valence-electron chi connectivity index (χ0n) is 10.5. The number of halogens is 2. The van der Waals surface area contributed by atoms with E-state index in [1.807, 2.05) is 20.0 Å². The van der Waals surface area contributed by atoms with Crippen LogP contribution in [0.2, 0.25) is 0 Å². The summed E-state index contributed by atoms with van der Waals surface area (Å²) in [5, 5.41) is 5.85. The molecule has 100 valence electrons. The molecule has 0 spiro atoms. The number of amides is 1. The van der Waals surface area contributed by atoms with Gasteiger partial charge in [0.15, 0.2) is 0 Å². The van der Waals surface area contributed by atoms with Crippen LogP contribution in [0.25, 0.3) is 0 Å². The van der Waals surface area contributed by atoms with E-state index in [2.05, 4.69) is 42.5 Å². The molecule has 0 radical (unpaired) electrons. The third-order valence-electron chi connectivity index (χ3n) is 2.46. The molecule has 1 aromatic rings. The average Bonchev–Trinajstić information content (AvgIpc) is 2.32. The lowest BCUT2D eigenvalue weighted by Gasteiger charge is -2.14. The predicted octanol–water partition coefficient (Wildman–Crippen LogP) is 3.01. The van der Waals surface area contributed by atoms with Crippen LogP contribution in [0.15, 0.2) is 21.1 Å². The number of anilines is 1. The normalized spacial score (nSPS) is 12.1. The summed E-state index contributed by atoms with van der Waals surface area (Å²) in [6.45, 7) is 2.51. The van der Waals surface area contributed by atoms with E-state index in [0.29, 0.717) is 18.0 Å². The molecule has 0 aliphatic heterocycles. The van der Waals surface area contributed by atoms with Crippen molar-refractivity contribution >= 4 is 43.5 Å². The molecule has 1 aromatic carbocycles. The minimum Gasteiger partial charge on any atom is -0.495 e. The zero-order valence-corrected chi connectivity index (χ0v) is 13.7. The lowest BCUT2D eigenvalue weighted by molar-refractivity contribution is -0.119. The van der Waals surface area contributed by atoms with E-state index in [1.54, 1.807) is 13.2 Å². The van der Waals surface area contributed by atoms with Gasteiger partial charge in [-0.2, -0.15) is 0 Å². The SMILES string of the molecule is CNCC(C)C(=O)Nc1cc(OC)c(Br)cc1Br. The maximum absolute atomic E-state index is 11.9. The molecule has 6 heteroatoms. The van der Waals surface area contributed by atoms with E-state index in [-0.39, 0.29) is 11.8 Å². The van der Waals surface area contributed by atoms with E-state index in [4.69, 9.17) is 4.74 Å². The summed E-state index contributed by atoms with van der Waals surface area (Å²) in [7, 11) is 3.41. The molecule has 1 rings (SSSR count). The number of benzene rings is 1. The van der Waals surface area contributed by atoms with Crippen LogP contribution in [0.5, 0.6) is 5.75 Å². The van der Waals surface area contributed by atoms with Gasteiger partial charge in [0, 0.05) is 23.0 Å². The van der Waals surface area contributed by atoms with E-state index in [9.17, 15) is 4.79 Å². The Hall–Kier alpha value is -0.590. The van der Waals surface area contributed by atoms with E-state index in [0.717, 1.165) is 8.95 Å². The summed E-state index contributed by atoms with van der Waals surface area (Å²) in [6, 6.07) is 3.62. The maximum Gasteiger partial charge on any atom is 0.228 e. The van der Waals surface area contributed by atoms with Crippen molar-refractivity contribution in [1.29, 1.82) is 0 Å². The largest absolute Gasteiger partial charge is 0.495 e. The van der Waals surface area contributed by atoms with Crippen LogP contribution in [0, 0.1) is 5.92 Å². The monoisotopic (exact) mass is 378 g/mol. The highest BCUT2D eigenvalue weighted by molar-refractivity contribution is 9.11. The fraction of sp³-hybridized carbons (Fsp3) is 0.417. The minimum atomic E-state index is -0.100. The lowest BCUT2D eigenvalue weighted by Crippen LogP contribution is -2.28. The third kappa shape index (κ3) is 3.96. The van der Waals surface area contributed by atoms with Gasteiger partial charge in [-0.1, -0.05) is 6.92 Å². The average molecular weight is 380 g/mol.